The molecule has 0 atom stereocenters. The third kappa shape index (κ3) is 3.16. The van der Waals surface area contributed by atoms with E-state index in [1.807, 2.05) is 13.0 Å². The number of hydrogen-bond acceptors (Lipinski definition) is 6. The fourth-order valence-corrected chi connectivity index (χ4v) is 2.42. The van der Waals surface area contributed by atoms with Gasteiger partial charge in [-0.3, -0.25) is 4.79 Å². The Morgan fingerprint density at radius 3 is 2.83 bits per heavy atom. The van der Waals surface area contributed by atoms with Crippen LogP contribution in [0.2, 0.25) is 0 Å². The second kappa shape index (κ2) is 6.08. The number of hydrogen-bond donors (Lipinski definition) is 0. The van der Waals surface area contributed by atoms with Crippen LogP contribution >= 0.6 is 0 Å². The van der Waals surface area contributed by atoms with E-state index in [1.54, 1.807) is 24.0 Å². The van der Waals surface area contributed by atoms with Crippen molar-refractivity contribution >= 4 is 5.91 Å². The predicted octanol–water partition coefficient (Wildman–Crippen LogP) is 1.39. The van der Waals surface area contributed by atoms with Gasteiger partial charge in [0.2, 0.25) is 11.8 Å². The van der Waals surface area contributed by atoms with Crippen LogP contribution in [0.3, 0.4) is 0 Å². The van der Waals surface area contributed by atoms with Gasteiger partial charge in [-0.05, 0) is 19.9 Å². The quantitative estimate of drug-likeness (QED) is 0.847. The highest BCUT2D eigenvalue weighted by Crippen LogP contribution is 2.19. The van der Waals surface area contributed by atoms with Gasteiger partial charge in [0.05, 0.1) is 30.8 Å². The van der Waals surface area contributed by atoms with Gasteiger partial charge in [0.15, 0.2) is 0 Å². The summed E-state index contributed by atoms with van der Waals surface area (Å²) in [5, 5.41) is 12.6. The van der Waals surface area contributed by atoms with Crippen molar-refractivity contribution in [1.82, 2.24) is 15.0 Å². The Labute approximate surface area is 133 Å². The first-order valence-electron chi connectivity index (χ1n) is 7.29. The Balaban J connectivity index is 1.50. The average Bonchev–Trinajstić information content (AvgIpc) is 2.82. The van der Waals surface area contributed by atoms with E-state index >= 15 is 0 Å². The maximum Gasteiger partial charge on any atom is 0.227 e. The minimum absolute atomic E-state index is 0.0343. The van der Waals surface area contributed by atoms with Gasteiger partial charge in [-0.25, -0.2) is 4.98 Å². The van der Waals surface area contributed by atoms with Crippen LogP contribution in [0.4, 0.5) is 0 Å². The number of amides is 1. The molecule has 1 aliphatic rings. The number of likely N-dealkylation sites (tertiary alicyclic amines) is 1. The van der Waals surface area contributed by atoms with Crippen LogP contribution in [0.25, 0.3) is 0 Å². The number of nitriles is 1. The van der Waals surface area contributed by atoms with Gasteiger partial charge in [-0.2, -0.15) is 5.26 Å². The average molecular weight is 312 g/mol. The first kappa shape index (κ1) is 15.0. The molecule has 0 radical (unpaired) electrons. The standard InChI is InChI=1S/C16H16N4O3/c1-10-14(11(2)23-19-10)5-16(21)20-8-13(9-20)22-15-4-3-12(6-17)7-18-15/h3-4,7,13H,5,8-9H2,1-2H3. The third-order valence-corrected chi connectivity index (χ3v) is 3.86. The van der Waals surface area contributed by atoms with Crippen molar-refractivity contribution in [3.05, 3.63) is 40.9 Å². The fourth-order valence-electron chi connectivity index (χ4n) is 2.42. The highest BCUT2D eigenvalue weighted by Gasteiger charge is 2.33. The van der Waals surface area contributed by atoms with E-state index in [1.165, 1.54) is 6.20 Å². The molecule has 1 saturated heterocycles. The molecule has 2 aromatic heterocycles. The van der Waals surface area contributed by atoms with Crippen LogP contribution < -0.4 is 4.74 Å². The summed E-state index contributed by atoms with van der Waals surface area (Å²) in [5.74, 6) is 1.19. The third-order valence-electron chi connectivity index (χ3n) is 3.86. The van der Waals surface area contributed by atoms with Crippen molar-refractivity contribution in [2.24, 2.45) is 0 Å². The van der Waals surface area contributed by atoms with Crippen molar-refractivity contribution in [3.8, 4) is 11.9 Å². The lowest BCUT2D eigenvalue weighted by Gasteiger charge is -2.38. The maximum atomic E-state index is 12.2. The monoisotopic (exact) mass is 312 g/mol. The van der Waals surface area contributed by atoms with Gasteiger partial charge in [-0.15, -0.1) is 0 Å². The van der Waals surface area contributed by atoms with Crippen molar-refractivity contribution in [2.45, 2.75) is 26.4 Å². The van der Waals surface area contributed by atoms with E-state index < -0.39 is 0 Å². The lowest BCUT2D eigenvalue weighted by atomic mass is 10.1. The summed E-state index contributed by atoms with van der Waals surface area (Å²) >= 11 is 0. The highest BCUT2D eigenvalue weighted by molar-refractivity contribution is 5.80. The van der Waals surface area contributed by atoms with E-state index in [-0.39, 0.29) is 12.0 Å². The van der Waals surface area contributed by atoms with Gasteiger partial charge in [0.25, 0.3) is 0 Å². The van der Waals surface area contributed by atoms with Crippen LogP contribution in [0.5, 0.6) is 5.88 Å². The molecule has 0 bridgehead atoms. The molecule has 1 fully saturated rings. The van der Waals surface area contributed by atoms with Crippen molar-refractivity contribution < 1.29 is 14.1 Å². The molecule has 118 valence electrons. The zero-order chi connectivity index (χ0) is 16.4. The van der Waals surface area contributed by atoms with E-state index in [4.69, 9.17) is 14.5 Å². The summed E-state index contributed by atoms with van der Waals surface area (Å²) in [6.07, 6.45) is 1.70. The van der Waals surface area contributed by atoms with Crippen LogP contribution in [-0.2, 0) is 11.2 Å². The predicted molar refractivity (Wildman–Crippen MR) is 79.6 cm³/mol. The Bertz CT molecular complexity index is 735. The summed E-state index contributed by atoms with van der Waals surface area (Å²) in [5.41, 5.74) is 2.10. The summed E-state index contributed by atoms with van der Waals surface area (Å²) in [6, 6.07) is 5.32. The molecule has 0 aromatic carbocycles. The number of ether oxygens (including phenoxy) is 1. The summed E-state index contributed by atoms with van der Waals surface area (Å²) in [6.45, 7) is 4.70. The first-order valence-corrected chi connectivity index (χ1v) is 7.29. The molecule has 0 spiro atoms. The number of pyridine rings is 1. The molecule has 7 nitrogen and oxygen atoms in total. The van der Waals surface area contributed by atoms with E-state index in [9.17, 15) is 4.79 Å². The van der Waals surface area contributed by atoms with Crippen LogP contribution in [0.15, 0.2) is 22.9 Å². The van der Waals surface area contributed by atoms with Crippen LogP contribution in [0, 0.1) is 25.2 Å². The lowest BCUT2D eigenvalue weighted by molar-refractivity contribution is -0.139. The second-order valence-corrected chi connectivity index (χ2v) is 5.51. The smallest absolute Gasteiger partial charge is 0.227 e. The molecule has 0 unspecified atom stereocenters. The van der Waals surface area contributed by atoms with E-state index in [0.717, 1.165) is 11.3 Å². The van der Waals surface area contributed by atoms with Crippen molar-refractivity contribution in [3.63, 3.8) is 0 Å². The Morgan fingerprint density at radius 1 is 1.48 bits per heavy atom. The normalized spacial score (nSPS) is 14.2. The molecule has 7 heteroatoms. The van der Waals surface area contributed by atoms with E-state index in [0.29, 0.717) is 36.7 Å². The van der Waals surface area contributed by atoms with Gasteiger partial charge in [0.1, 0.15) is 17.9 Å². The van der Waals surface area contributed by atoms with Gasteiger partial charge < -0.3 is 14.2 Å². The zero-order valence-electron chi connectivity index (χ0n) is 12.9. The number of carbonyl (C=O) groups is 1. The molecular formula is C16H16N4O3. The van der Waals surface area contributed by atoms with Gasteiger partial charge in [0, 0.05) is 17.8 Å². The Hall–Kier alpha value is -2.88. The summed E-state index contributed by atoms with van der Waals surface area (Å²) in [4.78, 5) is 18.0. The number of aromatic nitrogens is 2. The topological polar surface area (TPSA) is 92.3 Å². The molecule has 0 N–H and O–H groups in total. The molecule has 0 saturated carbocycles. The highest BCUT2D eigenvalue weighted by atomic mass is 16.5. The molecule has 1 aliphatic heterocycles. The first-order chi connectivity index (χ1) is 11.1. The molecule has 3 heterocycles. The van der Waals surface area contributed by atoms with Gasteiger partial charge >= 0.3 is 0 Å². The maximum absolute atomic E-state index is 12.2. The van der Waals surface area contributed by atoms with Crippen molar-refractivity contribution in [1.29, 1.82) is 5.26 Å². The molecule has 23 heavy (non-hydrogen) atoms. The van der Waals surface area contributed by atoms with Gasteiger partial charge in [-0.1, -0.05) is 5.16 Å². The number of carbonyl (C=O) groups excluding carboxylic acids is 1. The number of nitrogens with zero attached hydrogens (tertiary/aromatic N) is 4. The SMILES string of the molecule is Cc1noc(C)c1CC(=O)N1CC(Oc2ccc(C#N)cn2)C1. The second-order valence-electron chi connectivity index (χ2n) is 5.51. The number of rotatable bonds is 4. The minimum Gasteiger partial charge on any atom is -0.471 e. The zero-order valence-corrected chi connectivity index (χ0v) is 12.9. The molecular weight excluding hydrogens is 296 g/mol. The minimum atomic E-state index is -0.0657. The Kier molecular flexibility index (Phi) is 3.98. The summed E-state index contributed by atoms with van der Waals surface area (Å²) in [7, 11) is 0. The molecule has 0 aliphatic carbocycles. The molecule has 3 rings (SSSR count). The summed E-state index contributed by atoms with van der Waals surface area (Å²) < 4.78 is 10.7. The number of aryl methyl sites for hydroxylation is 2. The fraction of sp³-hybridized carbons (Fsp3) is 0.375. The van der Waals surface area contributed by atoms with E-state index in [2.05, 4.69) is 10.1 Å². The lowest BCUT2D eigenvalue weighted by Crippen LogP contribution is -2.56. The largest absolute Gasteiger partial charge is 0.471 e. The molecule has 2 aromatic rings. The van der Waals surface area contributed by atoms with Crippen molar-refractivity contribution in [2.75, 3.05) is 13.1 Å². The Morgan fingerprint density at radius 2 is 2.26 bits per heavy atom. The van der Waals surface area contributed by atoms with Crippen LogP contribution in [-0.4, -0.2) is 40.1 Å². The molecule has 1 amide bonds. The van der Waals surface area contributed by atoms with Crippen LogP contribution in [0.1, 0.15) is 22.6 Å².